The van der Waals surface area contributed by atoms with Crippen molar-refractivity contribution in [3.05, 3.63) is 58.1 Å². The first-order valence-corrected chi connectivity index (χ1v) is 9.06. The average Bonchev–Trinajstić information content (AvgIpc) is 2.54. The molecule has 0 aliphatic carbocycles. The number of sulfonamides is 1. The molecule has 0 aliphatic heterocycles. The number of carbonyl (C=O) groups is 1. The summed E-state index contributed by atoms with van der Waals surface area (Å²) in [7, 11) is -2.83. The maximum Gasteiger partial charge on any atom is 0.326 e. The Hall–Kier alpha value is -1.76. The number of aryl methyl sites for hydroxylation is 1. The zero-order valence-corrected chi connectivity index (χ0v) is 15.3. The molecule has 2 aromatic carbocycles. The summed E-state index contributed by atoms with van der Waals surface area (Å²) in [6, 6.07) is 10.8. The Balaban J connectivity index is 2.56. The van der Waals surface area contributed by atoms with E-state index in [0.717, 1.165) is 9.87 Å². The molecule has 0 aliphatic rings. The van der Waals surface area contributed by atoms with E-state index < -0.39 is 22.5 Å². The fourth-order valence-corrected chi connectivity index (χ4v) is 3.84. The SMILES string of the molecule is COC(=O)CN(c1cccc(C)c1)S(=O)(=O)c1ccc(Cl)c(Cl)c1. The topological polar surface area (TPSA) is 63.7 Å². The summed E-state index contributed by atoms with van der Waals surface area (Å²) in [6.45, 7) is 1.37. The number of ether oxygens (including phenoxy) is 1. The van der Waals surface area contributed by atoms with Gasteiger partial charge in [-0.2, -0.15) is 0 Å². The molecule has 0 saturated heterocycles. The Kier molecular flexibility index (Phi) is 5.74. The molecule has 0 unspecified atom stereocenters. The quantitative estimate of drug-likeness (QED) is 0.734. The summed E-state index contributed by atoms with van der Waals surface area (Å²) in [4.78, 5) is 11.6. The number of hydrogen-bond acceptors (Lipinski definition) is 4. The molecule has 0 radical (unpaired) electrons. The van der Waals surface area contributed by atoms with E-state index in [9.17, 15) is 13.2 Å². The Labute approximate surface area is 150 Å². The van der Waals surface area contributed by atoms with Gasteiger partial charge in [-0.15, -0.1) is 0 Å². The second kappa shape index (κ2) is 7.42. The minimum atomic E-state index is -4.03. The lowest BCUT2D eigenvalue weighted by atomic mass is 10.2. The molecule has 0 aromatic heterocycles. The number of anilines is 1. The molecule has 2 aromatic rings. The predicted octanol–water partition coefficient (Wildman–Crippen LogP) is 3.67. The molecule has 24 heavy (non-hydrogen) atoms. The minimum Gasteiger partial charge on any atom is -0.468 e. The van der Waals surface area contributed by atoms with Crippen molar-refractivity contribution < 1.29 is 17.9 Å². The van der Waals surface area contributed by atoms with Gasteiger partial charge in [0.25, 0.3) is 10.0 Å². The maximum absolute atomic E-state index is 13.0. The van der Waals surface area contributed by atoms with Crippen LogP contribution in [-0.2, 0) is 19.6 Å². The van der Waals surface area contributed by atoms with Crippen molar-refractivity contribution in [3.63, 3.8) is 0 Å². The highest BCUT2D eigenvalue weighted by atomic mass is 35.5. The van der Waals surface area contributed by atoms with Crippen LogP contribution in [0.3, 0.4) is 0 Å². The van der Waals surface area contributed by atoms with Crippen LogP contribution in [0.2, 0.25) is 10.0 Å². The lowest BCUT2D eigenvalue weighted by molar-refractivity contribution is -0.138. The van der Waals surface area contributed by atoms with Crippen LogP contribution in [0, 0.1) is 6.92 Å². The predicted molar refractivity (Wildman–Crippen MR) is 94.2 cm³/mol. The molecule has 0 bridgehead atoms. The van der Waals surface area contributed by atoms with Gasteiger partial charge >= 0.3 is 5.97 Å². The summed E-state index contributed by atoms with van der Waals surface area (Å²) < 4.78 is 31.5. The van der Waals surface area contributed by atoms with Gasteiger partial charge in [-0.1, -0.05) is 35.3 Å². The number of benzene rings is 2. The van der Waals surface area contributed by atoms with E-state index >= 15 is 0 Å². The van der Waals surface area contributed by atoms with Crippen LogP contribution >= 0.6 is 23.2 Å². The summed E-state index contributed by atoms with van der Waals surface area (Å²) in [5, 5.41) is 0.352. The van der Waals surface area contributed by atoms with Crippen LogP contribution in [0.5, 0.6) is 0 Å². The molecule has 0 atom stereocenters. The lowest BCUT2D eigenvalue weighted by Gasteiger charge is -2.24. The molecule has 0 spiro atoms. The normalized spacial score (nSPS) is 11.2. The van der Waals surface area contributed by atoms with Crippen LogP contribution in [0.15, 0.2) is 47.4 Å². The summed E-state index contributed by atoms with van der Waals surface area (Å²) in [6.07, 6.45) is 0. The highest BCUT2D eigenvalue weighted by Crippen LogP contribution is 2.29. The number of esters is 1. The number of rotatable bonds is 5. The molecule has 8 heteroatoms. The van der Waals surface area contributed by atoms with Crippen LogP contribution in [-0.4, -0.2) is 28.0 Å². The first kappa shape index (κ1) is 18.6. The Morgan fingerprint density at radius 1 is 1.12 bits per heavy atom. The van der Waals surface area contributed by atoms with Gasteiger partial charge in [0.15, 0.2) is 0 Å². The minimum absolute atomic E-state index is 0.0673. The first-order chi connectivity index (χ1) is 11.3. The molecule has 2 rings (SSSR count). The number of nitrogens with zero attached hydrogens (tertiary/aromatic N) is 1. The third-order valence-electron chi connectivity index (χ3n) is 3.27. The van der Waals surface area contributed by atoms with Crippen LogP contribution in [0.4, 0.5) is 5.69 Å². The summed E-state index contributed by atoms with van der Waals surface area (Å²) >= 11 is 11.8. The van der Waals surface area contributed by atoms with E-state index in [2.05, 4.69) is 4.74 Å². The Morgan fingerprint density at radius 3 is 2.42 bits per heavy atom. The van der Waals surface area contributed by atoms with E-state index in [1.54, 1.807) is 18.2 Å². The van der Waals surface area contributed by atoms with Crippen LogP contribution < -0.4 is 4.31 Å². The Morgan fingerprint density at radius 2 is 1.83 bits per heavy atom. The standard InChI is InChI=1S/C16H15Cl2NO4S/c1-11-4-3-5-12(8-11)19(10-16(20)23-2)24(21,22)13-6-7-14(17)15(18)9-13/h3-9H,10H2,1-2H3. The van der Waals surface area contributed by atoms with Crippen molar-refractivity contribution in [1.29, 1.82) is 0 Å². The second-order valence-electron chi connectivity index (χ2n) is 5.00. The van der Waals surface area contributed by atoms with Crippen LogP contribution in [0.25, 0.3) is 0 Å². The fourth-order valence-electron chi connectivity index (χ4n) is 2.04. The van der Waals surface area contributed by atoms with Crippen LogP contribution in [0.1, 0.15) is 5.56 Å². The van der Waals surface area contributed by atoms with E-state index in [1.807, 2.05) is 13.0 Å². The van der Waals surface area contributed by atoms with Gasteiger partial charge in [0.2, 0.25) is 0 Å². The molecule has 0 saturated carbocycles. The number of hydrogen-bond donors (Lipinski definition) is 0. The largest absolute Gasteiger partial charge is 0.468 e. The molecular weight excluding hydrogens is 373 g/mol. The Bertz CT molecular complexity index is 868. The van der Waals surface area contributed by atoms with Crippen molar-refractivity contribution in [2.24, 2.45) is 0 Å². The van der Waals surface area contributed by atoms with Gasteiger partial charge in [-0.25, -0.2) is 8.42 Å². The van der Waals surface area contributed by atoms with E-state index in [4.69, 9.17) is 23.2 Å². The highest BCUT2D eigenvalue weighted by molar-refractivity contribution is 7.92. The third-order valence-corrected chi connectivity index (χ3v) is 5.78. The van der Waals surface area contributed by atoms with Crippen molar-refractivity contribution in [3.8, 4) is 0 Å². The highest BCUT2D eigenvalue weighted by Gasteiger charge is 2.28. The average molecular weight is 388 g/mol. The van der Waals surface area contributed by atoms with E-state index in [0.29, 0.717) is 5.69 Å². The number of methoxy groups -OCH3 is 1. The molecule has 0 N–H and O–H groups in total. The maximum atomic E-state index is 13.0. The van der Waals surface area contributed by atoms with Gasteiger partial charge < -0.3 is 4.74 Å². The summed E-state index contributed by atoms with van der Waals surface area (Å²) in [5.74, 6) is -0.680. The second-order valence-corrected chi connectivity index (χ2v) is 7.68. The molecular formula is C16H15Cl2NO4S. The first-order valence-electron chi connectivity index (χ1n) is 6.87. The smallest absolute Gasteiger partial charge is 0.326 e. The van der Waals surface area contributed by atoms with Crippen molar-refractivity contribution in [1.82, 2.24) is 0 Å². The monoisotopic (exact) mass is 387 g/mol. The molecule has 0 heterocycles. The molecule has 0 fully saturated rings. The van der Waals surface area contributed by atoms with Gasteiger partial charge in [-0.3, -0.25) is 9.10 Å². The van der Waals surface area contributed by atoms with Gasteiger partial charge in [0, 0.05) is 0 Å². The zero-order chi connectivity index (χ0) is 17.9. The number of carbonyl (C=O) groups excluding carboxylic acids is 1. The number of halogens is 2. The third kappa shape index (κ3) is 4.01. The van der Waals surface area contributed by atoms with Crippen molar-refractivity contribution >= 4 is 44.9 Å². The molecule has 5 nitrogen and oxygen atoms in total. The molecule has 0 amide bonds. The van der Waals surface area contributed by atoms with Crippen molar-refractivity contribution in [2.45, 2.75) is 11.8 Å². The molecule has 128 valence electrons. The lowest BCUT2D eigenvalue weighted by Crippen LogP contribution is -2.36. The zero-order valence-electron chi connectivity index (χ0n) is 13.0. The van der Waals surface area contributed by atoms with E-state index in [1.165, 1.54) is 25.3 Å². The van der Waals surface area contributed by atoms with Gasteiger partial charge in [0.1, 0.15) is 6.54 Å². The van der Waals surface area contributed by atoms with Gasteiger partial charge in [0.05, 0.1) is 27.7 Å². The van der Waals surface area contributed by atoms with E-state index in [-0.39, 0.29) is 14.9 Å². The fraction of sp³-hybridized carbons (Fsp3) is 0.188. The van der Waals surface area contributed by atoms with Gasteiger partial charge in [-0.05, 0) is 42.8 Å². The van der Waals surface area contributed by atoms with Crippen molar-refractivity contribution in [2.75, 3.05) is 18.0 Å². The summed E-state index contributed by atoms with van der Waals surface area (Å²) in [5.41, 5.74) is 1.21.